The molecule has 2 aromatic heterocycles. The number of anilines is 2. The third-order valence-electron chi connectivity index (χ3n) is 5.48. The summed E-state index contributed by atoms with van der Waals surface area (Å²) in [6.07, 6.45) is 9.20. The molecule has 0 aliphatic carbocycles. The van der Waals surface area contributed by atoms with Gasteiger partial charge in [0, 0.05) is 44.6 Å². The van der Waals surface area contributed by atoms with Crippen molar-refractivity contribution in [3.8, 4) is 5.88 Å². The fraction of sp³-hybridized carbons (Fsp3) is 0.556. The first-order valence-electron chi connectivity index (χ1n) is 8.97. The molecule has 1 spiro atoms. The molecule has 8 nitrogen and oxygen atoms in total. The van der Waals surface area contributed by atoms with Crippen LogP contribution in [-0.2, 0) is 0 Å². The number of β-amino-alcohol motifs (C(OH)–C–C–N with tert-alkyl or cyclic N) is 1. The van der Waals surface area contributed by atoms with E-state index < -0.39 is 0 Å². The van der Waals surface area contributed by atoms with Crippen LogP contribution in [0.1, 0.15) is 19.3 Å². The van der Waals surface area contributed by atoms with Crippen LogP contribution in [0.2, 0.25) is 0 Å². The van der Waals surface area contributed by atoms with E-state index in [-0.39, 0.29) is 11.5 Å². The minimum absolute atomic E-state index is 0.100. The van der Waals surface area contributed by atoms with Crippen molar-refractivity contribution in [2.24, 2.45) is 5.41 Å². The van der Waals surface area contributed by atoms with E-state index in [2.05, 4.69) is 29.7 Å². The average Bonchev–Trinajstić information content (AvgIpc) is 2.69. The number of hydrogen-bond donors (Lipinski definition) is 1. The Morgan fingerprint density at radius 2 is 1.96 bits per heavy atom. The number of nitrogens with zero attached hydrogens (tertiary/aromatic N) is 6. The smallest absolute Gasteiger partial charge is 0.218 e. The van der Waals surface area contributed by atoms with Crippen molar-refractivity contribution < 1.29 is 9.84 Å². The van der Waals surface area contributed by atoms with Gasteiger partial charge in [0.05, 0.1) is 19.4 Å². The Labute approximate surface area is 152 Å². The third-order valence-corrected chi connectivity index (χ3v) is 5.48. The summed E-state index contributed by atoms with van der Waals surface area (Å²) in [7, 11) is 1.61. The van der Waals surface area contributed by atoms with Crippen molar-refractivity contribution in [3.63, 3.8) is 0 Å². The van der Waals surface area contributed by atoms with Gasteiger partial charge in [0.15, 0.2) is 0 Å². The summed E-state index contributed by atoms with van der Waals surface area (Å²) >= 11 is 0. The molecule has 0 amide bonds. The number of aliphatic hydroxyl groups is 1. The molecule has 1 unspecified atom stereocenters. The Morgan fingerprint density at radius 1 is 1.12 bits per heavy atom. The minimum atomic E-state index is -0.337. The number of rotatable bonds is 3. The number of aliphatic hydroxyl groups excluding tert-OH is 1. The molecule has 0 radical (unpaired) electrons. The maximum Gasteiger partial charge on any atom is 0.218 e. The Kier molecular flexibility index (Phi) is 4.58. The first-order chi connectivity index (χ1) is 12.7. The SMILES string of the molecule is COc1cc(N2CCC3(CC2)CC(O)CN(c2cnccn2)C3)ncn1. The van der Waals surface area contributed by atoms with Crippen LogP contribution in [0.4, 0.5) is 11.6 Å². The molecule has 2 fully saturated rings. The van der Waals surface area contributed by atoms with Crippen molar-refractivity contribution >= 4 is 11.6 Å². The summed E-state index contributed by atoms with van der Waals surface area (Å²) in [5.41, 5.74) is 0.100. The van der Waals surface area contributed by atoms with Crippen LogP contribution >= 0.6 is 0 Å². The van der Waals surface area contributed by atoms with Crippen LogP contribution in [0, 0.1) is 5.41 Å². The molecule has 1 atom stereocenters. The normalized spacial score (nSPS) is 22.5. The van der Waals surface area contributed by atoms with E-state index in [0.29, 0.717) is 12.4 Å². The maximum atomic E-state index is 10.5. The van der Waals surface area contributed by atoms with Gasteiger partial charge in [-0.2, -0.15) is 0 Å². The lowest BCUT2D eigenvalue weighted by Crippen LogP contribution is -2.54. The zero-order valence-corrected chi connectivity index (χ0v) is 15.0. The Hall–Kier alpha value is -2.48. The minimum Gasteiger partial charge on any atom is -0.481 e. The highest BCUT2D eigenvalue weighted by Crippen LogP contribution is 2.41. The topological polar surface area (TPSA) is 87.5 Å². The molecule has 2 saturated heterocycles. The zero-order valence-electron chi connectivity index (χ0n) is 15.0. The molecule has 4 heterocycles. The van der Waals surface area contributed by atoms with Gasteiger partial charge in [-0.15, -0.1) is 0 Å². The molecular formula is C18H24N6O2. The fourth-order valence-corrected chi connectivity index (χ4v) is 4.17. The monoisotopic (exact) mass is 356 g/mol. The molecule has 1 N–H and O–H groups in total. The molecule has 2 aliphatic heterocycles. The van der Waals surface area contributed by atoms with Gasteiger partial charge in [-0.3, -0.25) is 4.98 Å². The molecule has 0 saturated carbocycles. The largest absolute Gasteiger partial charge is 0.481 e. The molecule has 8 heteroatoms. The maximum absolute atomic E-state index is 10.5. The number of methoxy groups -OCH3 is 1. The molecule has 138 valence electrons. The van der Waals surface area contributed by atoms with Crippen molar-refractivity contribution in [1.82, 2.24) is 19.9 Å². The number of piperidine rings is 2. The van der Waals surface area contributed by atoms with Crippen LogP contribution in [0.3, 0.4) is 0 Å². The summed E-state index contributed by atoms with van der Waals surface area (Å²) < 4.78 is 5.20. The van der Waals surface area contributed by atoms with E-state index in [1.54, 1.807) is 32.0 Å². The standard InChI is InChI=1S/C18H24N6O2/c1-26-17-8-15(21-13-22-17)23-6-2-18(3-7-23)9-14(25)11-24(12-18)16-10-19-4-5-20-16/h4-5,8,10,13-14,25H,2-3,6-7,9,11-12H2,1H3. The van der Waals surface area contributed by atoms with Gasteiger partial charge in [0.1, 0.15) is 18.0 Å². The summed E-state index contributed by atoms with van der Waals surface area (Å²) in [6.45, 7) is 3.33. The first kappa shape index (κ1) is 17.0. The van der Waals surface area contributed by atoms with E-state index in [1.165, 1.54) is 0 Å². The van der Waals surface area contributed by atoms with Gasteiger partial charge in [-0.25, -0.2) is 15.0 Å². The van der Waals surface area contributed by atoms with Crippen molar-refractivity contribution in [1.29, 1.82) is 0 Å². The second kappa shape index (κ2) is 7.03. The summed E-state index contributed by atoms with van der Waals surface area (Å²) in [4.78, 5) is 21.5. The van der Waals surface area contributed by atoms with Crippen molar-refractivity contribution in [2.45, 2.75) is 25.4 Å². The molecular weight excluding hydrogens is 332 g/mol. The number of hydrogen-bond acceptors (Lipinski definition) is 8. The van der Waals surface area contributed by atoms with E-state index >= 15 is 0 Å². The van der Waals surface area contributed by atoms with Gasteiger partial charge in [0.25, 0.3) is 0 Å². The van der Waals surface area contributed by atoms with Crippen LogP contribution in [0.25, 0.3) is 0 Å². The lowest BCUT2D eigenvalue weighted by atomic mass is 9.71. The fourth-order valence-electron chi connectivity index (χ4n) is 4.17. The molecule has 2 aliphatic rings. The zero-order chi connectivity index (χ0) is 18.0. The number of ether oxygens (including phenoxy) is 1. The van der Waals surface area contributed by atoms with E-state index in [0.717, 1.165) is 50.5 Å². The highest BCUT2D eigenvalue weighted by molar-refractivity contribution is 5.42. The molecule has 26 heavy (non-hydrogen) atoms. The average molecular weight is 356 g/mol. The summed E-state index contributed by atoms with van der Waals surface area (Å²) in [5, 5.41) is 10.5. The molecule has 0 bridgehead atoms. The number of aromatic nitrogens is 4. The lowest BCUT2D eigenvalue weighted by Gasteiger charge is -2.49. The predicted molar refractivity (Wildman–Crippen MR) is 97.3 cm³/mol. The van der Waals surface area contributed by atoms with Crippen molar-refractivity contribution in [3.05, 3.63) is 31.0 Å². The van der Waals surface area contributed by atoms with Crippen LogP contribution in [-0.4, -0.2) is 64.4 Å². The van der Waals surface area contributed by atoms with E-state index in [9.17, 15) is 5.11 Å². The highest BCUT2D eigenvalue weighted by Gasteiger charge is 2.42. The van der Waals surface area contributed by atoms with Crippen molar-refractivity contribution in [2.75, 3.05) is 43.1 Å². The molecule has 4 rings (SSSR count). The molecule has 2 aromatic rings. The van der Waals surface area contributed by atoms with Crippen LogP contribution < -0.4 is 14.5 Å². The predicted octanol–water partition coefficient (Wildman–Crippen LogP) is 1.13. The lowest BCUT2D eigenvalue weighted by molar-refractivity contribution is 0.0594. The quantitative estimate of drug-likeness (QED) is 0.876. The third kappa shape index (κ3) is 3.41. The Morgan fingerprint density at radius 3 is 2.69 bits per heavy atom. The second-order valence-corrected chi connectivity index (χ2v) is 7.21. The molecule has 0 aromatic carbocycles. The first-order valence-corrected chi connectivity index (χ1v) is 8.97. The summed E-state index contributed by atoms with van der Waals surface area (Å²) in [5.74, 6) is 2.32. The van der Waals surface area contributed by atoms with E-state index in [1.807, 2.05) is 6.07 Å². The second-order valence-electron chi connectivity index (χ2n) is 7.21. The van der Waals surface area contributed by atoms with E-state index in [4.69, 9.17) is 4.74 Å². The Bertz CT molecular complexity index is 735. The Balaban J connectivity index is 1.46. The van der Waals surface area contributed by atoms with Gasteiger partial charge >= 0.3 is 0 Å². The van der Waals surface area contributed by atoms with Crippen LogP contribution in [0.15, 0.2) is 31.0 Å². The van der Waals surface area contributed by atoms with Gasteiger partial charge in [-0.05, 0) is 24.7 Å². The summed E-state index contributed by atoms with van der Waals surface area (Å²) in [6, 6.07) is 1.87. The van der Waals surface area contributed by atoms with Crippen LogP contribution in [0.5, 0.6) is 5.88 Å². The van der Waals surface area contributed by atoms with Gasteiger partial charge in [0.2, 0.25) is 5.88 Å². The van der Waals surface area contributed by atoms with Gasteiger partial charge in [-0.1, -0.05) is 0 Å². The highest BCUT2D eigenvalue weighted by atomic mass is 16.5. The van der Waals surface area contributed by atoms with Gasteiger partial charge < -0.3 is 19.6 Å².